The van der Waals surface area contributed by atoms with E-state index in [-0.39, 0.29) is 0 Å². The number of anilines is 1. The van der Waals surface area contributed by atoms with Gasteiger partial charge in [-0.2, -0.15) is 0 Å². The summed E-state index contributed by atoms with van der Waals surface area (Å²) in [5.41, 5.74) is 2.36. The molecule has 0 aliphatic rings. The molecule has 0 aliphatic carbocycles. The number of thiocarbonyl (C=S) groups is 1. The Morgan fingerprint density at radius 2 is 2.09 bits per heavy atom. The molecule has 0 saturated heterocycles. The first kappa shape index (κ1) is 16.2. The number of benzene rings is 1. The first-order valence-corrected chi connectivity index (χ1v) is 7.69. The lowest BCUT2D eigenvalue weighted by molar-refractivity contribution is 0.409. The van der Waals surface area contributed by atoms with Crippen LogP contribution in [0.15, 0.2) is 42.6 Å². The van der Waals surface area contributed by atoms with Gasteiger partial charge < -0.3 is 15.4 Å². The Bertz CT molecular complexity index is 631. The zero-order chi connectivity index (χ0) is 15.8. The molecule has 0 fully saturated rings. The van der Waals surface area contributed by atoms with Crippen molar-refractivity contribution in [1.29, 1.82) is 0 Å². The maximum Gasteiger partial charge on any atom is 0.171 e. The minimum absolute atomic E-state index is 0.595. The largest absolute Gasteiger partial charge is 0.496 e. The molecule has 0 radical (unpaired) electrons. The molecule has 0 unspecified atom stereocenters. The van der Waals surface area contributed by atoms with Crippen LogP contribution in [-0.2, 0) is 6.42 Å². The number of nitrogens with one attached hydrogen (secondary N) is 2. The molecule has 116 valence electrons. The molecule has 2 N–H and O–H groups in total. The third-order valence-electron chi connectivity index (χ3n) is 3.26. The van der Waals surface area contributed by atoms with E-state index in [0.29, 0.717) is 5.11 Å². The molecule has 2 aromatic rings. The van der Waals surface area contributed by atoms with Gasteiger partial charge in [-0.1, -0.05) is 18.2 Å². The van der Waals surface area contributed by atoms with Crippen molar-refractivity contribution in [3.8, 4) is 5.75 Å². The average molecular weight is 315 g/mol. The summed E-state index contributed by atoms with van der Waals surface area (Å²) in [6.45, 7) is 2.83. The van der Waals surface area contributed by atoms with Crippen molar-refractivity contribution in [2.45, 2.75) is 19.8 Å². The van der Waals surface area contributed by atoms with Crippen molar-refractivity contribution in [3.63, 3.8) is 0 Å². The van der Waals surface area contributed by atoms with E-state index in [0.717, 1.165) is 36.5 Å². The lowest BCUT2D eigenvalue weighted by Crippen LogP contribution is -2.29. The lowest BCUT2D eigenvalue weighted by Gasteiger charge is -2.11. The second-order valence-corrected chi connectivity index (χ2v) is 5.42. The van der Waals surface area contributed by atoms with E-state index >= 15 is 0 Å². The van der Waals surface area contributed by atoms with Gasteiger partial charge >= 0.3 is 0 Å². The van der Waals surface area contributed by atoms with Crippen LogP contribution < -0.4 is 15.4 Å². The molecular weight excluding hydrogens is 294 g/mol. The zero-order valence-electron chi connectivity index (χ0n) is 12.9. The van der Waals surface area contributed by atoms with Gasteiger partial charge in [0.05, 0.1) is 7.11 Å². The van der Waals surface area contributed by atoms with E-state index in [1.807, 2.05) is 37.3 Å². The Kier molecular flexibility index (Phi) is 6.15. The van der Waals surface area contributed by atoms with E-state index in [9.17, 15) is 0 Å². The number of ether oxygens (including phenoxy) is 1. The summed E-state index contributed by atoms with van der Waals surface area (Å²) >= 11 is 5.27. The number of aryl methyl sites for hydroxylation is 2. The molecule has 0 spiro atoms. The van der Waals surface area contributed by atoms with E-state index in [2.05, 4.69) is 21.7 Å². The van der Waals surface area contributed by atoms with Gasteiger partial charge in [0, 0.05) is 12.7 Å². The third kappa shape index (κ3) is 5.00. The van der Waals surface area contributed by atoms with Crippen molar-refractivity contribution in [2.75, 3.05) is 19.0 Å². The Morgan fingerprint density at radius 3 is 2.86 bits per heavy atom. The van der Waals surface area contributed by atoms with Crippen LogP contribution in [0.5, 0.6) is 5.75 Å². The highest BCUT2D eigenvalue weighted by molar-refractivity contribution is 7.80. The van der Waals surface area contributed by atoms with Crippen molar-refractivity contribution >= 4 is 23.1 Å². The van der Waals surface area contributed by atoms with Gasteiger partial charge in [-0.05, 0) is 61.3 Å². The first-order valence-electron chi connectivity index (χ1n) is 7.28. The molecule has 0 amide bonds. The van der Waals surface area contributed by atoms with Gasteiger partial charge in [-0.3, -0.25) is 0 Å². The molecule has 1 aromatic heterocycles. The molecular formula is C17H21N3OS. The normalized spacial score (nSPS) is 10.1. The maximum atomic E-state index is 5.35. The summed E-state index contributed by atoms with van der Waals surface area (Å²) in [6, 6.07) is 12.0. The minimum Gasteiger partial charge on any atom is -0.496 e. The molecule has 4 nitrogen and oxygen atoms in total. The van der Waals surface area contributed by atoms with Gasteiger partial charge in [0.15, 0.2) is 5.11 Å². The van der Waals surface area contributed by atoms with Crippen molar-refractivity contribution in [1.82, 2.24) is 10.3 Å². The fraction of sp³-hybridized carbons (Fsp3) is 0.294. The highest BCUT2D eigenvalue weighted by Gasteiger charge is 2.02. The topological polar surface area (TPSA) is 46.2 Å². The molecule has 2 rings (SSSR count). The number of methoxy groups -OCH3 is 1. The van der Waals surface area contributed by atoms with E-state index in [1.54, 1.807) is 13.3 Å². The van der Waals surface area contributed by atoms with E-state index < -0.39 is 0 Å². The fourth-order valence-corrected chi connectivity index (χ4v) is 2.36. The number of hydrogen-bond acceptors (Lipinski definition) is 3. The number of para-hydroxylation sites is 1. The summed E-state index contributed by atoms with van der Waals surface area (Å²) in [6.07, 6.45) is 3.69. The van der Waals surface area contributed by atoms with E-state index in [1.165, 1.54) is 5.56 Å². The fourth-order valence-electron chi connectivity index (χ4n) is 2.16. The predicted octanol–water partition coefficient (Wildman–Crippen LogP) is 3.32. The monoisotopic (exact) mass is 315 g/mol. The molecule has 0 atom stereocenters. The number of pyridine rings is 1. The summed E-state index contributed by atoms with van der Waals surface area (Å²) in [7, 11) is 1.70. The first-order chi connectivity index (χ1) is 10.7. The van der Waals surface area contributed by atoms with Crippen molar-refractivity contribution in [2.24, 2.45) is 0 Å². The Labute approximate surface area is 136 Å². The Morgan fingerprint density at radius 1 is 1.27 bits per heavy atom. The third-order valence-corrected chi connectivity index (χ3v) is 3.50. The second kappa shape index (κ2) is 8.34. The van der Waals surface area contributed by atoms with Crippen molar-refractivity contribution < 1.29 is 4.74 Å². The lowest BCUT2D eigenvalue weighted by atomic mass is 10.1. The van der Waals surface area contributed by atoms with Crippen LogP contribution in [0.4, 0.5) is 5.82 Å². The molecule has 5 heteroatoms. The predicted molar refractivity (Wildman–Crippen MR) is 94.5 cm³/mol. The summed E-state index contributed by atoms with van der Waals surface area (Å²) in [5.74, 6) is 1.70. The average Bonchev–Trinajstić information content (AvgIpc) is 2.52. The van der Waals surface area contributed by atoms with Crippen LogP contribution in [0, 0.1) is 6.92 Å². The molecule has 0 aliphatic heterocycles. The van der Waals surface area contributed by atoms with Crippen LogP contribution in [0.25, 0.3) is 0 Å². The highest BCUT2D eigenvalue weighted by Crippen LogP contribution is 2.18. The molecule has 0 bridgehead atoms. The quantitative estimate of drug-likeness (QED) is 0.632. The Balaban J connectivity index is 1.73. The summed E-state index contributed by atoms with van der Waals surface area (Å²) in [4.78, 5) is 4.22. The second-order valence-electron chi connectivity index (χ2n) is 5.01. The van der Waals surface area contributed by atoms with Gasteiger partial charge in [-0.15, -0.1) is 0 Å². The standard InChI is InChI=1S/C17H21N3OS/c1-13-9-11-18-16(12-13)20-17(22)19-10-5-7-14-6-3-4-8-15(14)21-2/h3-4,6,8-9,11-12H,5,7,10H2,1-2H3,(H2,18,19,20,22). The Hall–Kier alpha value is -2.14. The van der Waals surface area contributed by atoms with Crippen LogP contribution in [-0.4, -0.2) is 23.8 Å². The van der Waals surface area contributed by atoms with Gasteiger partial charge in [0.1, 0.15) is 11.6 Å². The van der Waals surface area contributed by atoms with Crippen LogP contribution in [0.1, 0.15) is 17.5 Å². The number of aromatic nitrogens is 1. The van der Waals surface area contributed by atoms with Crippen LogP contribution in [0.3, 0.4) is 0 Å². The maximum absolute atomic E-state index is 5.35. The number of hydrogen-bond donors (Lipinski definition) is 2. The van der Waals surface area contributed by atoms with Crippen molar-refractivity contribution in [3.05, 3.63) is 53.7 Å². The molecule has 1 heterocycles. The van der Waals surface area contributed by atoms with Gasteiger partial charge in [0.25, 0.3) is 0 Å². The van der Waals surface area contributed by atoms with E-state index in [4.69, 9.17) is 17.0 Å². The molecule has 0 saturated carbocycles. The summed E-state index contributed by atoms with van der Waals surface area (Å²) in [5, 5.41) is 6.88. The minimum atomic E-state index is 0.595. The molecule has 22 heavy (non-hydrogen) atoms. The smallest absolute Gasteiger partial charge is 0.171 e. The van der Waals surface area contributed by atoms with Gasteiger partial charge in [-0.25, -0.2) is 4.98 Å². The van der Waals surface area contributed by atoms with Crippen LogP contribution in [0.2, 0.25) is 0 Å². The molecule has 1 aromatic carbocycles. The number of nitrogens with zero attached hydrogens (tertiary/aromatic N) is 1. The zero-order valence-corrected chi connectivity index (χ0v) is 13.7. The number of rotatable bonds is 6. The van der Waals surface area contributed by atoms with Crippen LogP contribution >= 0.6 is 12.2 Å². The summed E-state index contributed by atoms with van der Waals surface area (Å²) < 4.78 is 5.35. The SMILES string of the molecule is COc1ccccc1CCCNC(=S)Nc1cc(C)ccn1. The van der Waals surface area contributed by atoms with Gasteiger partial charge in [0.2, 0.25) is 0 Å². The highest BCUT2D eigenvalue weighted by atomic mass is 32.1.